The van der Waals surface area contributed by atoms with E-state index in [-0.39, 0.29) is 0 Å². The molecule has 13 heavy (non-hydrogen) atoms. The molecule has 2 rings (SSSR count). The van der Waals surface area contributed by atoms with Gasteiger partial charge in [-0.3, -0.25) is 0 Å². The lowest BCUT2D eigenvalue weighted by Gasteiger charge is -2.15. The fourth-order valence-corrected chi connectivity index (χ4v) is 3.01. The largest absolute Gasteiger partial charge is 0.318 e. The first kappa shape index (κ1) is 9.47. The predicted molar refractivity (Wildman–Crippen MR) is 55.8 cm³/mol. The number of fused-ring (bicyclic) bond motifs is 1. The van der Waals surface area contributed by atoms with E-state index in [0.717, 1.165) is 24.5 Å². The number of rotatable bonds is 2. The third kappa shape index (κ3) is 2.23. The number of likely N-dealkylation sites (N-methyl/N-ethyl adjacent to an activating group) is 1. The summed E-state index contributed by atoms with van der Waals surface area (Å²) >= 11 is 0. The second-order valence-electron chi connectivity index (χ2n) is 4.66. The van der Waals surface area contributed by atoms with Crippen molar-refractivity contribution in [2.45, 2.75) is 50.6 Å². The second kappa shape index (κ2) is 4.43. The molecule has 1 aliphatic heterocycles. The van der Waals surface area contributed by atoms with E-state index < -0.39 is 0 Å². The molecule has 0 aromatic rings. The summed E-state index contributed by atoms with van der Waals surface area (Å²) in [5.74, 6) is 0.987. The molecule has 0 aromatic carbocycles. The highest BCUT2D eigenvalue weighted by Crippen LogP contribution is 2.31. The molecule has 2 nitrogen and oxygen atoms in total. The molecule has 0 unspecified atom stereocenters. The summed E-state index contributed by atoms with van der Waals surface area (Å²) in [7, 11) is 2.05. The summed E-state index contributed by atoms with van der Waals surface area (Å²) in [6.07, 6.45) is 8.68. The minimum Gasteiger partial charge on any atom is -0.318 e. The minimum absolute atomic E-state index is 0.748. The molecule has 76 valence electrons. The average Bonchev–Trinajstić information content (AvgIpc) is 2.37. The van der Waals surface area contributed by atoms with E-state index in [9.17, 15) is 0 Å². The smallest absolute Gasteiger partial charge is 0.0198 e. The molecule has 2 aliphatic rings. The Kier molecular flexibility index (Phi) is 3.23. The summed E-state index contributed by atoms with van der Waals surface area (Å²) in [5.41, 5.74) is 0. The van der Waals surface area contributed by atoms with Crippen LogP contribution in [0.5, 0.6) is 0 Å². The zero-order valence-corrected chi connectivity index (χ0v) is 8.68. The lowest BCUT2D eigenvalue weighted by atomic mass is 9.94. The van der Waals surface area contributed by atoms with Crippen LogP contribution in [-0.4, -0.2) is 25.7 Å². The van der Waals surface area contributed by atoms with Crippen molar-refractivity contribution in [2.75, 3.05) is 13.6 Å². The zero-order chi connectivity index (χ0) is 9.10. The van der Waals surface area contributed by atoms with E-state index in [2.05, 4.69) is 17.7 Å². The maximum Gasteiger partial charge on any atom is 0.0198 e. The van der Waals surface area contributed by atoms with Crippen molar-refractivity contribution in [1.82, 2.24) is 10.6 Å². The maximum absolute atomic E-state index is 3.77. The topological polar surface area (TPSA) is 24.1 Å². The van der Waals surface area contributed by atoms with Gasteiger partial charge in [-0.15, -0.1) is 0 Å². The van der Waals surface area contributed by atoms with Crippen LogP contribution in [0.2, 0.25) is 0 Å². The van der Waals surface area contributed by atoms with Crippen molar-refractivity contribution in [3.63, 3.8) is 0 Å². The molecule has 0 amide bonds. The van der Waals surface area contributed by atoms with Crippen LogP contribution < -0.4 is 10.6 Å². The standard InChI is InChI=1S/C11H22N2/c1-12-8-10-7-9-5-3-2-4-6-11(9)13-10/h9-13H,2-8H2,1H3/t9-,10+,11+/m0/s1. The van der Waals surface area contributed by atoms with E-state index in [4.69, 9.17) is 0 Å². The zero-order valence-electron chi connectivity index (χ0n) is 8.68. The number of hydrogen-bond acceptors (Lipinski definition) is 2. The molecule has 1 saturated carbocycles. The lowest BCUT2D eigenvalue weighted by molar-refractivity contribution is 0.424. The lowest BCUT2D eigenvalue weighted by Crippen LogP contribution is -2.36. The average molecular weight is 182 g/mol. The van der Waals surface area contributed by atoms with Gasteiger partial charge in [0.1, 0.15) is 0 Å². The van der Waals surface area contributed by atoms with E-state index in [1.165, 1.54) is 38.5 Å². The molecule has 1 saturated heterocycles. The Hall–Kier alpha value is -0.0800. The molecule has 0 bridgehead atoms. The molecule has 2 fully saturated rings. The van der Waals surface area contributed by atoms with E-state index >= 15 is 0 Å². The first-order chi connectivity index (χ1) is 6.40. The highest BCUT2D eigenvalue weighted by Gasteiger charge is 2.33. The van der Waals surface area contributed by atoms with Crippen molar-refractivity contribution < 1.29 is 0 Å². The maximum atomic E-state index is 3.77. The van der Waals surface area contributed by atoms with E-state index in [1.54, 1.807) is 0 Å². The predicted octanol–water partition coefficient (Wildman–Crippen LogP) is 1.52. The van der Waals surface area contributed by atoms with Crippen LogP contribution >= 0.6 is 0 Å². The molecular weight excluding hydrogens is 160 g/mol. The molecule has 0 aromatic heterocycles. The Labute approximate surface area is 81.5 Å². The van der Waals surface area contributed by atoms with Crippen molar-refractivity contribution in [3.05, 3.63) is 0 Å². The second-order valence-corrected chi connectivity index (χ2v) is 4.66. The fraction of sp³-hybridized carbons (Fsp3) is 1.00. The summed E-state index contributed by atoms with van der Waals surface area (Å²) in [6, 6.07) is 1.60. The fourth-order valence-electron chi connectivity index (χ4n) is 3.01. The van der Waals surface area contributed by atoms with Crippen molar-refractivity contribution in [3.8, 4) is 0 Å². The van der Waals surface area contributed by atoms with Crippen LogP contribution in [-0.2, 0) is 0 Å². The molecule has 1 heterocycles. The van der Waals surface area contributed by atoms with Crippen LogP contribution in [0.4, 0.5) is 0 Å². The molecule has 3 atom stereocenters. The molecular formula is C11H22N2. The number of hydrogen-bond donors (Lipinski definition) is 2. The summed E-state index contributed by atoms with van der Waals surface area (Å²) in [4.78, 5) is 0. The Morgan fingerprint density at radius 3 is 2.92 bits per heavy atom. The van der Waals surface area contributed by atoms with Gasteiger partial charge in [-0.2, -0.15) is 0 Å². The van der Waals surface area contributed by atoms with Gasteiger partial charge in [0, 0.05) is 18.6 Å². The van der Waals surface area contributed by atoms with Gasteiger partial charge < -0.3 is 10.6 Å². The summed E-state index contributed by atoms with van der Waals surface area (Å²) < 4.78 is 0. The summed E-state index contributed by atoms with van der Waals surface area (Å²) in [6.45, 7) is 1.15. The molecule has 2 N–H and O–H groups in total. The Morgan fingerprint density at radius 2 is 2.08 bits per heavy atom. The van der Waals surface area contributed by atoms with Crippen LogP contribution in [0.1, 0.15) is 38.5 Å². The minimum atomic E-state index is 0.748. The Bertz CT molecular complexity index is 144. The normalized spacial score (nSPS) is 39.9. The van der Waals surface area contributed by atoms with Gasteiger partial charge >= 0.3 is 0 Å². The third-order valence-corrected chi connectivity index (χ3v) is 3.65. The van der Waals surface area contributed by atoms with E-state index in [1.807, 2.05) is 0 Å². The van der Waals surface area contributed by atoms with Gasteiger partial charge in [-0.25, -0.2) is 0 Å². The number of nitrogens with one attached hydrogen (secondary N) is 2. The first-order valence-electron chi connectivity index (χ1n) is 5.81. The van der Waals surface area contributed by atoms with Crippen molar-refractivity contribution in [1.29, 1.82) is 0 Å². The van der Waals surface area contributed by atoms with Gasteiger partial charge in [0.2, 0.25) is 0 Å². The third-order valence-electron chi connectivity index (χ3n) is 3.65. The van der Waals surface area contributed by atoms with Gasteiger partial charge in [-0.05, 0) is 32.2 Å². The van der Waals surface area contributed by atoms with Crippen molar-refractivity contribution in [2.24, 2.45) is 5.92 Å². The van der Waals surface area contributed by atoms with Gasteiger partial charge in [-0.1, -0.05) is 19.3 Å². The van der Waals surface area contributed by atoms with Gasteiger partial charge in [0.25, 0.3) is 0 Å². The van der Waals surface area contributed by atoms with E-state index in [0.29, 0.717) is 0 Å². The van der Waals surface area contributed by atoms with Crippen LogP contribution in [0, 0.1) is 5.92 Å². The monoisotopic (exact) mass is 182 g/mol. The molecule has 2 heteroatoms. The molecule has 1 aliphatic carbocycles. The van der Waals surface area contributed by atoms with Crippen LogP contribution in [0.15, 0.2) is 0 Å². The summed E-state index contributed by atoms with van der Waals surface area (Å²) in [5, 5.41) is 7.04. The van der Waals surface area contributed by atoms with Crippen LogP contribution in [0.3, 0.4) is 0 Å². The Morgan fingerprint density at radius 1 is 1.23 bits per heavy atom. The molecule has 0 spiro atoms. The van der Waals surface area contributed by atoms with Crippen LogP contribution in [0.25, 0.3) is 0 Å². The van der Waals surface area contributed by atoms with Crippen molar-refractivity contribution >= 4 is 0 Å². The quantitative estimate of drug-likeness (QED) is 0.676. The first-order valence-corrected chi connectivity index (χ1v) is 5.81. The van der Waals surface area contributed by atoms with Gasteiger partial charge in [0.15, 0.2) is 0 Å². The highest BCUT2D eigenvalue weighted by atomic mass is 15.0. The molecule has 0 radical (unpaired) electrons. The SMILES string of the molecule is CNC[C@H]1C[C@@H]2CCCCC[C@H]2N1. The highest BCUT2D eigenvalue weighted by molar-refractivity contribution is 4.92. The Balaban J connectivity index is 1.86. The van der Waals surface area contributed by atoms with Gasteiger partial charge in [0.05, 0.1) is 0 Å².